The third-order valence-electron chi connectivity index (χ3n) is 3.45. The summed E-state index contributed by atoms with van der Waals surface area (Å²) in [5.41, 5.74) is 4.94. The predicted molar refractivity (Wildman–Crippen MR) is 95.9 cm³/mol. The average molecular weight is 288 g/mol. The molecule has 1 unspecified atom stereocenters. The van der Waals surface area contributed by atoms with Crippen molar-refractivity contribution in [2.75, 3.05) is 0 Å². The van der Waals surface area contributed by atoms with Gasteiger partial charge in [-0.05, 0) is 33.6 Å². The number of benzene rings is 3. The van der Waals surface area contributed by atoms with E-state index < -0.39 is 0 Å². The number of hydrogen-bond acceptors (Lipinski definition) is 0. The SMILES string of the molecule is PC(=Cc1ccc(-c2ccccc2)cc1)c1ccccc1. The van der Waals surface area contributed by atoms with Crippen LogP contribution in [0.3, 0.4) is 0 Å². The zero-order valence-corrected chi connectivity index (χ0v) is 12.9. The van der Waals surface area contributed by atoms with E-state index in [1.54, 1.807) is 0 Å². The molecule has 0 aromatic heterocycles. The molecule has 21 heavy (non-hydrogen) atoms. The minimum Gasteiger partial charge on any atom is -0.105 e. The highest BCUT2D eigenvalue weighted by atomic mass is 31.0. The van der Waals surface area contributed by atoms with E-state index in [2.05, 4.69) is 88.1 Å². The van der Waals surface area contributed by atoms with Crippen molar-refractivity contribution >= 4 is 20.6 Å². The molecule has 0 aliphatic rings. The van der Waals surface area contributed by atoms with Crippen molar-refractivity contribution < 1.29 is 0 Å². The van der Waals surface area contributed by atoms with Crippen LogP contribution in [0.2, 0.25) is 0 Å². The lowest BCUT2D eigenvalue weighted by Gasteiger charge is -2.04. The van der Waals surface area contributed by atoms with Gasteiger partial charge in [0.25, 0.3) is 0 Å². The van der Waals surface area contributed by atoms with Gasteiger partial charge < -0.3 is 0 Å². The fraction of sp³-hybridized carbons (Fsp3) is 0. The summed E-state index contributed by atoms with van der Waals surface area (Å²) in [6, 6.07) is 29.5. The number of rotatable bonds is 3. The molecule has 3 rings (SSSR count). The van der Waals surface area contributed by atoms with Crippen LogP contribution in [0.5, 0.6) is 0 Å². The molecule has 1 heteroatoms. The van der Waals surface area contributed by atoms with Crippen molar-refractivity contribution in [2.45, 2.75) is 0 Å². The van der Waals surface area contributed by atoms with E-state index >= 15 is 0 Å². The second-order valence-corrected chi connectivity index (χ2v) is 5.58. The van der Waals surface area contributed by atoms with Crippen LogP contribution in [0.1, 0.15) is 11.1 Å². The van der Waals surface area contributed by atoms with Gasteiger partial charge in [0, 0.05) is 0 Å². The highest BCUT2D eigenvalue weighted by molar-refractivity contribution is 7.32. The Morgan fingerprint density at radius 1 is 0.619 bits per heavy atom. The molecule has 0 amide bonds. The van der Waals surface area contributed by atoms with E-state index in [0.29, 0.717) is 0 Å². The highest BCUT2D eigenvalue weighted by Crippen LogP contribution is 2.25. The molecule has 0 aliphatic heterocycles. The van der Waals surface area contributed by atoms with Gasteiger partial charge in [-0.1, -0.05) is 84.9 Å². The fourth-order valence-electron chi connectivity index (χ4n) is 2.30. The minimum absolute atomic E-state index is 1.20. The van der Waals surface area contributed by atoms with Crippen LogP contribution in [-0.4, -0.2) is 0 Å². The Morgan fingerprint density at radius 3 is 1.76 bits per heavy atom. The van der Waals surface area contributed by atoms with E-state index in [4.69, 9.17) is 0 Å². The van der Waals surface area contributed by atoms with Gasteiger partial charge in [0.2, 0.25) is 0 Å². The molecule has 0 N–H and O–H groups in total. The van der Waals surface area contributed by atoms with Crippen molar-refractivity contribution in [3.63, 3.8) is 0 Å². The van der Waals surface area contributed by atoms with Crippen LogP contribution >= 0.6 is 9.24 Å². The number of hydrogen-bond donors (Lipinski definition) is 0. The van der Waals surface area contributed by atoms with E-state index in [1.807, 2.05) is 12.1 Å². The summed E-state index contributed by atoms with van der Waals surface area (Å²) in [7, 11) is 2.82. The quantitative estimate of drug-likeness (QED) is 0.426. The third kappa shape index (κ3) is 3.48. The maximum absolute atomic E-state index is 2.82. The van der Waals surface area contributed by atoms with Gasteiger partial charge in [-0.3, -0.25) is 0 Å². The van der Waals surface area contributed by atoms with E-state index in [0.717, 1.165) is 0 Å². The molecule has 3 aromatic rings. The molecular weight excluding hydrogens is 271 g/mol. The second kappa shape index (κ2) is 6.52. The van der Waals surface area contributed by atoms with Crippen molar-refractivity contribution in [1.82, 2.24) is 0 Å². The zero-order valence-electron chi connectivity index (χ0n) is 11.7. The van der Waals surface area contributed by atoms with E-state index in [1.165, 1.54) is 27.6 Å². The van der Waals surface area contributed by atoms with Crippen LogP contribution in [-0.2, 0) is 0 Å². The van der Waals surface area contributed by atoms with E-state index in [9.17, 15) is 0 Å². The maximum atomic E-state index is 2.82. The van der Waals surface area contributed by atoms with Crippen molar-refractivity contribution in [2.24, 2.45) is 0 Å². The summed E-state index contributed by atoms with van der Waals surface area (Å²) in [5.74, 6) is 0. The molecule has 3 aromatic carbocycles. The van der Waals surface area contributed by atoms with E-state index in [-0.39, 0.29) is 0 Å². The Bertz CT molecular complexity index is 726. The first kappa shape index (κ1) is 13.8. The lowest BCUT2D eigenvalue weighted by Crippen LogP contribution is -1.79. The molecule has 0 saturated heterocycles. The lowest BCUT2D eigenvalue weighted by atomic mass is 10.0. The zero-order chi connectivity index (χ0) is 14.5. The van der Waals surface area contributed by atoms with Gasteiger partial charge in [-0.15, -0.1) is 9.24 Å². The van der Waals surface area contributed by atoms with Gasteiger partial charge in [-0.25, -0.2) is 0 Å². The fourth-order valence-corrected chi connectivity index (χ4v) is 2.68. The van der Waals surface area contributed by atoms with Crippen LogP contribution < -0.4 is 0 Å². The monoisotopic (exact) mass is 288 g/mol. The van der Waals surface area contributed by atoms with Gasteiger partial charge >= 0.3 is 0 Å². The first-order valence-corrected chi connectivity index (χ1v) is 7.59. The van der Waals surface area contributed by atoms with Gasteiger partial charge in [0.1, 0.15) is 0 Å². The summed E-state index contributed by atoms with van der Waals surface area (Å²) < 4.78 is 0. The van der Waals surface area contributed by atoms with Gasteiger partial charge in [0.05, 0.1) is 0 Å². The molecule has 0 heterocycles. The average Bonchev–Trinajstić information content (AvgIpc) is 2.57. The molecule has 0 saturated carbocycles. The molecule has 0 bridgehead atoms. The first-order valence-electron chi connectivity index (χ1n) is 7.01. The van der Waals surface area contributed by atoms with Gasteiger partial charge in [0.15, 0.2) is 0 Å². The lowest BCUT2D eigenvalue weighted by molar-refractivity contribution is 1.60. The van der Waals surface area contributed by atoms with Crippen molar-refractivity contribution in [3.05, 3.63) is 96.1 Å². The molecular formula is C20H17P. The molecule has 0 spiro atoms. The molecule has 1 atom stereocenters. The molecule has 102 valence electrons. The summed E-state index contributed by atoms with van der Waals surface area (Å²) in [5, 5.41) is 1.20. The highest BCUT2D eigenvalue weighted by Gasteiger charge is 1.98. The Kier molecular flexibility index (Phi) is 4.28. The Balaban J connectivity index is 1.85. The summed E-state index contributed by atoms with van der Waals surface area (Å²) in [6.45, 7) is 0. The van der Waals surface area contributed by atoms with Crippen molar-refractivity contribution in [1.29, 1.82) is 0 Å². The molecule has 0 radical (unpaired) electrons. The largest absolute Gasteiger partial charge is 0.105 e. The minimum atomic E-state index is 1.20. The summed E-state index contributed by atoms with van der Waals surface area (Å²) in [4.78, 5) is 0. The van der Waals surface area contributed by atoms with Gasteiger partial charge in [-0.2, -0.15) is 0 Å². The maximum Gasteiger partial charge on any atom is -0.0184 e. The molecule has 0 fully saturated rings. The molecule has 0 aliphatic carbocycles. The summed E-state index contributed by atoms with van der Waals surface area (Å²) in [6.07, 6.45) is 2.19. The summed E-state index contributed by atoms with van der Waals surface area (Å²) >= 11 is 0. The smallest absolute Gasteiger partial charge is 0.0184 e. The normalized spacial score (nSPS) is 11.4. The third-order valence-corrected chi connectivity index (χ3v) is 3.95. The Morgan fingerprint density at radius 2 is 1.14 bits per heavy atom. The van der Waals surface area contributed by atoms with Crippen LogP contribution in [0.15, 0.2) is 84.9 Å². The Labute approximate surface area is 128 Å². The van der Waals surface area contributed by atoms with Crippen LogP contribution in [0.4, 0.5) is 0 Å². The Hall–Kier alpha value is -2.17. The van der Waals surface area contributed by atoms with Crippen molar-refractivity contribution in [3.8, 4) is 11.1 Å². The predicted octanol–water partition coefficient (Wildman–Crippen LogP) is 5.73. The standard InChI is InChI=1S/C20H17P/c21-20(19-9-5-2-6-10-19)15-16-11-13-18(14-12-16)17-7-3-1-4-8-17/h1-15H,21H2. The topological polar surface area (TPSA) is 0 Å². The van der Waals surface area contributed by atoms with Crippen LogP contribution in [0, 0.1) is 0 Å². The first-order chi connectivity index (χ1) is 10.3. The second-order valence-electron chi connectivity index (χ2n) is 4.95. The van der Waals surface area contributed by atoms with Crippen LogP contribution in [0.25, 0.3) is 22.5 Å². The molecule has 0 nitrogen and oxygen atoms in total.